The number of rotatable bonds is 5. The normalized spacial score (nSPS) is 21.4. The lowest BCUT2D eigenvalue weighted by Gasteiger charge is -2.28. The van der Waals surface area contributed by atoms with Crippen molar-refractivity contribution in [3.8, 4) is 5.75 Å². The van der Waals surface area contributed by atoms with Gasteiger partial charge in [0.15, 0.2) is 5.13 Å². The fourth-order valence-electron chi connectivity index (χ4n) is 2.39. The van der Waals surface area contributed by atoms with E-state index in [9.17, 15) is 8.42 Å². The number of benzene rings is 1. The maximum atomic E-state index is 12.3. The van der Waals surface area contributed by atoms with Crippen LogP contribution in [0.15, 0.2) is 34.7 Å². The van der Waals surface area contributed by atoms with Crippen LogP contribution in [0.5, 0.6) is 5.75 Å². The molecule has 1 aromatic heterocycles. The first-order valence-corrected chi connectivity index (χ1v) is 10.1. The van der Waals surface area contributed by atoms with E-state index in [0.717, 1.165) is 13.0 Å². The number of nitrogens with two attached hydrogens (primary N) is 1. The van der Waals surface area contributed by atoms with Gasteiger partial charge in [0.25, 0.3) is 10.0 Å². The molecule has 0 saturated carbocycles. The van der Waals surface area contributed by atoms with E-state index < -0.39 is 10.0 Å². The molecule has 10 heteroatoms. The molecule has 24 heavy (non-hydrogen) atoms. The average Bonchev–Trinajstić information content (AvgIpc) is 3.01. The Morgan fingerprint density at radius 3 is 2.96 bits per heavy atom. The summed E-state index contributed by atoms with van der Waals surface area (Å²) in [5.74, 6) is 0.448. The molecule has 0 bridgehead atoms. The maximum absolute atomic E-state index is 12.3. The molecule has 4 N–H and O–H groups in total. The van der Waals surface area contributed by atoms with Crippen LogP contribution >= 0.6 is 22.9 Å². The van der Waals surface area contributed by atoms with Crippen molar-refractivity contribution in [2.75, 3.05) is 11.3 Å². The minimum atomic E-state index is -3.74. The van der Waals surface area contributed by atoms with Gasteiger partial charge in [0, 0.05) is 24.5 Å². The highest BCUT2D eigenvalue weighted by Crippen LogP contribution is 2.30. The van der Waals surface area contributed by atoms with Gasteiger partial charge in [0.2, 0.25) is 0 Å². The predicted octanol–water partition coefficient (Wildman–Crippen LogP) is 2.01. The number of anilines is 1. The van der Waals surface area contributed by atoms with Gasteiger partial charge >= 0.3 is 0 Å². The van der Waals surface area contributed by atoms with Gasteiger partial charge in [0.1, 0.15) is 11.9 Å². The van der Waals surface area contributed by atoms with Crippen LogP contribution in [0.2, 0.25) is 5.02 Å². The first-order valence-electron chi connectivity index (χ1n) is 7.31. The van der Waals surface area contributed by atoms with Gasteiger partial charge in [0.05, 0.1) is 16.1 Å². The Balaban J connectivity index is 1.74. The van der Waals surface area contributed by atoms with Crippen molar-refractivity contribution in [3.05, 3.63) is 34.8 Å². The van der Waals surface area contributed by atoms with Gasteiger partial charge in [-0.15, -0.1) is 11.3 Å². The minimum absolute atomic E-state index is 0.0466. The molecule has 0 aliphatic carbocycles. The Bertz CT molecular complexity index is 798. The van der Waals surface area contributed by atoms with E-state index in [1.165, 1.54) is 29.7 Å². The van der Waals surface area contributed by atoms with Crippen LogP contribution in [-0.4, -0.2) is 32.2 Å². The van der Waals surface area contributed by atoms with Crippen molar-refractivity contribution < 1.29 is 13.2 Å². The van der Waals surface area contributed by atoms with Gasteiger partial charge in [-0.05, 0) is 24.6 Å². The van der Waals surface area contributed by atoms with E-state index in [2.05, 4.69) is 15.0 Å². The number of aromatic nitrogens is 1. The predicted molar refractivity (Wildman–Crippen MR) is 94.0 cm³/mol. The lowest BCUT2D eigenvalue weighted by Crippen LogP contribution is -2.47. The Kier molecular flexibility index (Phi) is 5.26. The molecule has 130 valence electrons. The average molecular weight is 389 g/mol. The molecular formula is C14H17ClN4O3S2. The summed E-state index contributed by atoms with van der Waals surface area (Å²) in [5.41, 5.74) is 5.85. The number of piperidine rings is 1. The number of nitrogens with one attached hydrogen (secondary N) is 2. The second-order valence-corrected chi connectivity index (χ2v) is 8.34. The number of sulfonamides is 1. The van der Waals surface area contributed by atoms with Crippen molar-refractivity contribution in [3.63, 3.8) is 0 Å². The van der Waals surface area contributed by atoms with Gasteiger partial charge in [-0.2, -0.15) is 0 Å². The molecule has 0 radical (unpaired) electrons. The first-order chi connectivity index (χ1) is 11.4. The molecule has 2 atom stereocenters. The monoisotopic (exact) mass is 388 g/mol. The Morgan fingerprint density at radius 2 is 2.29 bits per heavy atom. The molecular weight excluding hydrogens is 372 g/mol. The van der Waals surface area contributed by atoms with Gasteiger partial charge in [-0.25, -0.2) is 13.4 Å². The minimum Gasteiger partial charge on any atom is -0.489 e. The maximum Gasteiger partial charge on any atom is 0.263 e. The Morgan fingerprint density at radius 1 is 1.46 bits per heavy atom. The quantitative estimate of drug-likeness (QED) is 0.723. The van der Waals surface area contributed by atoms with Crippen LogP contribution in [0.25, 0.3) is 0 Å². The number of halogens is 1. The molecule has 3 rings (SSSR count). The summed E-state index contributed by atoms with van der Waals surface area (Å²) < 4.78 is 32.9. The zero-order chi connectivity index (χ0) is 17.2. The van der Waals surface area contributed by atoms with Crippen molar-refractivity contribution in [1.29, 1.82) is 0 Å². The molecule has 1 aliphatic heterocycles. The van der Waals surface area contributed by atoms with Crippen molar-refractivity contribution in [2.45, 2.75) is 30.0 Å². The van der Waals surface area contributed by atoms with Crippen molar-refractivity contribution in [1.82, 2.24) is 10.3 Å². The molecule has 1 fully saturated rings. The second kappa shape index (κ2) is 7.24. The van der Waals surface area contributed by atoms with Gasteiger partial charge < -0.3 is 15.8 Å². The summed E-state index contributed by atoms with van der Waals surface area (Å²) in [7, 11) is -3.74. The molecule has 2 aromatic rings. The summed E-state index contributed by atoms with van der Waals surface area (Å²) >= 11 is 7.39. The third-order valence-electron chi connectivity index (χ3n) is 3.55. The van der Waals surface area contributed by atoms with Crippen molar-refractivity contribution >= 4 is 38.1 Å². The zero-order valence-corrected chi connectivity index (χ0v) is 15.0. The molecule has 1 aromatic carbocycles. The lowest BCUT2D eigenvalue weighted by molar-refractivity contribution is 0.141. The third kappa shape index (κ3) is 4.17. The molecule has 2 heterocycles. The molecule has 0 unspecified atom stereocenters. The summed E-state index contributed by atoms with van der Waals surface area (Å²) in [6.45, 7) is 0.771. The van der Waals surface area contributed by atoms with Crippen LogP contribution in [0.3, 0.4) is 0 Å². The first kappa shape index (κ1) is 17.4. The fourth-order valence-corrected chi connectivity index (χ4v) is 4.50. The summed E-state index contributed by atoms with van der Waals surface area (Å²) in [4.78, 5) is 3.96. The number of hydrogen-bond acceptors (Lipinski definition) is 7. The lowest BCUT2D eigenvalue weighted by atomic mass is 10.1. The molecule has 7 nitrogen and oxygen atoms in total. The summed E-state index contributed by atoms with van der Waals surface area (Å²) in [6, 6.07) is 4.39. The molecule has 0 amide bonds. The highest BCUT2D eigenvalue weighted by atomic mass is 35.5. The number of hydrogen-bond donors (Lipinski definition) is 3. The highest BCUT2D eigenvalue weighted by Gasteiger charge is 2.22. The van der Waals surface area contributed by atoms with E-state index in [1.54, 1.807) is 11.4 Å². The zero-order valence-electron chi connectivity index (χ0n) is 12.6. The van der Waals surface area contributed by atoms with E-state index in [-0.39, 0.29) is 22.2 Å². The molecule has 1 saturated heterocycles. The summed E-state index contributed by atoms with van der Waals surface area (Å²) in [5, 5.41) is 5.36. The van der Waals surface area contributed by atoms with Crippen LogP contribution in [0, 0.1) is 0 Å². The number of ether oxygens (including phenoxy) is 1. The van der Waals surface area contributed by atoms with E-state index >= 15 is 0 Å². The Hall–Kier alpha value is -1.39. The summed E-state index contributed by atoms with van der Waals surface area (Å²) in [6.07, 6.45) is 2.85. The third-order valence-corrected chi connectivity index (χ3v) is 6.00. The van der Waals surface area contributed by atoms with Crippen LogP contribution in [0.4, 0.5) is 5.13 Å². The van der Waals surface area contributed by atoms with Crippen LogP contribution in [0.1, 0.15) is 12.8 Å². The highest BCUT2D eigenvalue weighted by molar-refractivity contribution is 7.93. The van der Waals surface area contributed by atoms with Crippen LogP contribution in [-0.2, 0) is 10.0 Å². The van der Waals surface area contributed by atoms with Crippen LogP contribution < -0.4 is 20.5 Å². The van der Waals surface area contributed by atoms with E-state index in [0.29, 0.717) is 17.3 Å². The smallest absolute Gasteiger partial charge is 0.263 e. The number of thiazole rings is 1. The van der Waals surface area contributed by atoms with Gasteiger partial charge in [-0.1, -0.05) is 11.6 Å². The molecule has 0 spiro atoms. The second-order valence-electron chi connectivity index (χ2n) is 5.36. The topological polar surface area (TPSA) is 106 Å². The van der Waals surface area contributed by atoms with E-state index in [1.807, 2.05) is 0 Å². The Labute approximate surface area is 149 Å². The molecule has 1 aliphatic rings. The largest absolute Gasteiger partial charge is 0.489 e. The SMILES string of the molecule is N[C@@H]1C[C@@H](Oc2ccc(S(=O)(=O)Nc3nccs3)cc2Cl)CCN1. The fraction of sp³-hybridized carbons (Fsp3) is 0.357. The van der Waals surface area contributed by atoms with E-state index in [4.69, 9.17) is 22.1 Å². The number of nitrogens with zero attached hydrogens (tertiary/aromatic N) is 1. The van der Waals surface area contributed by atoms with Gasteiger partial charge in [-0.3, -0.25) is 4.72 Å². The van der Waals surface area contributed by atoms with Crippen molar-refractivity contribution in [2.24, 2.45) is 5.73 Å². The standard InChI is InChI=1S/C14H17ClN4O3S2/c15-11-8-10(24(20,21)19-14-18-5-6-23-14)1-2-12(11)22-9-3-4-17-13(16)7-9/h1-2,5-6,8-9,13,17H,3-4,7,16H2,(H,18,19)/t9-,13-/m0/s1.